The van der Waals surface area contributed by atoms with Gasteiger partial charge in [-0.25, -0.2) is 8.42 Å². The lowest BCUT2D eigenvalue weighted by Crippen LogP contribution is -2.39. The number of hydrogen-bond donors (Lipinski definition) is 5. The molecule has 0 saturated heterocycles. The number of aryl methyl sites for hydroxylation is 1. The molecule has 3 aromatic rings. The van der Waals surface area contributed by atoms with E-state index in [9.17, 15) is 23.1 Å². The summed E-state index contributed by atoms with van der Waals surface area (Å²) in [6.07, 6.45) is 3.35. The fraction of sp³-hybridized carbons (Fsp3) is 0.333. The third-order valence-electron chi connectivity index (χ3n) is 7.54. The Morgan fingerprint density at radius 2 is 1.83 bits per heavy atom. The number of amides is 2. The van der Waals surface area contributed by atoms with Crippen LogP contribution in [0.4, 0.5) is 5.69 Å². The van der Waals surface area contributed by atoms with E-state index in [1.54, 1.807) is 30.3 Å². The molecule has 5 N–H and O–H groups in total. The largest absolute Gasteiger partial charge is 0.390 e. The molecule has 0 radical (unpaired) electrons. The van der Waals surface area contributed by atoms with Crippen molar-refractivity contribution in [1.82, 2.24) is 15.6 Å². The molecular formula is C30H32Cl2N4O5S. The predicted molar refractivity (Wildman–Crippen MR) is 164 cm³/mol. The van der Waals surface area contributed by atoms with Crippen molar-refractivity contribution >= 4 is 62.2 Å². The van der Waals surface area contributed by atoms with Crippen molar-refractivity contribution in [2.75, 3.05) is 18.4 Å². The van der Waals surface area contributed by atoms with E-state index in [1.807, 2.05) is 13.8 Å². The average Bonchev–Trinajstić information content (AvgIpc) is 3.67. The molecule has 2 heterocycles. The number of fused-ring (bicyclic) bond motifs is 1. The maximum Gasteiger partial charge on any atom is 0.256 e. The monoisotopic (exact) mass is 630 g/mol. The number of aliphatic hydroxyl groups is 1. The average molecular weight is 632 g/mol. The van der Waals surface area contributed by atoms with Gasteiger partial charge in [0.25, 0.3) is 5.91 Å². The summed E-state index contributed by atoms with van der Waals surface area (Å²) in [6, 6.07) is 9.77. The van der Waals surface area contributed by atoms with Crippen molar-refractivity contribution in [2.45, 2.75) is 55.9 Å². The SMILES string of the molecule is Cc1[nH]c(/C=C2\C(=O)Nc3ccc(S(=O)(=O)Cc4c(Cl)cccc4Cl)cc32)c(C)c1CC(=O)NCC(O)CNC1CC1. The highest BCUT2D eigenvalue weighted by Gasteiger charge is 2.28. The number of sulfone groups is 1. The van der Waals surface area contributed by atoms with Gasteiger partial charge in [-0.05, 0) is 74.2 Å². The number of anilines is 1. The molecule has 1 aromatic heterocycles. The molecule has 9 nitrogen and oxygen atoms in total. The number of carbonyl (C=O) groups excluding carboxylic acids is 2. The number of carbonyl (C=O) groups is 2. The van der Waals surface area contributed by atoms with Crippen LogP contribution in [0.3, 0.4) is 0 Å². The Balaban J connectivity index is 1.34. The Bertz CT molecular complexity index is 1680. The number of aliphatic hydroxyl groups excluding tert-OH is 1. The molecular weight excluding hydrogens is 599 g/mol. The van der Waals surface area contributed by atoms with Crippen molar-refractivity contribution in [3.05, 3.63) is 80.1 Å². The third-order valence-corrected chi connectivity index (χ3v) is 9.89. The van der Waals surface area contributed by atoms with E-state index in [2.05, 4.69) is 20.9 Å². The molecule has 5 rings (SSSR count). The Labute approximate surface area is 254 Å². The maximum absolute atomic E-state index is 13.3. The first-order valence-electron chi connectivity index (χ1n) is 13.6. The Morgan fingerprint density at radius 3 is 2.52 bits per heavy atom. The number of hydrogen-bond acceptors (Lipinski definition) is 6. The normalized spacial score (nSPS) is 16.4. The molecule has 12 heteroatoms. The van der Waals surface area contributed by atoms with Gasteiger partial charge in [-0.2, -0.15) is 0 Å². The highest BCUT2D eigenvalue weighted by molar-refractivity contribution is 7.90. The smallest absolute Gasteiger partial charge is 0.256 e. The van der Waals surface area contributed by atoms with E-state index in [0.717, 1.165) is 29.7 Å². The van der Waals surface area contributed by atoms with E-state index in [4.69, 9.17) is 23.2 Å². The van der Waals surface area contributed by atoms with Crippen LogP contribution < -0.4 is 16.0 Å². The minimum absolute atomic E-state index is 0.0332. The first kappa shape index (κ1) is 30.3. The number of benzene rings is 2. The summed E-state index contributed by atoms with van der Waals surface area (Å²) < 4.78 is 26.6. The van der Waals surface area contributed by atoms with E-state index in [-0.39, 0.29) is 45.5 Å². The fourth-order valence-electron chi connectivity index (χ4n) is 4.93. The minimum atomic E-state index is -3.84. The third kappa shape index (κ3) is 6.74. The highest BCUT2D eigenvalue weighted by Crippen LogP contribution is 2.37. The highest BCUT2D eigenvalue weighted by atomic mass is 35.5. The first-order chi connectivity index (χ1) is 19.9. The van der Waals surface area contributed by atoms with Crippen molar-refractivity contribution in [2.24, 2.45) is 0 Å². The van der Waals surface area contributed by atoms with Gasteiger partial charge in [0.2, 0.25) is 5.91 Å². The number of aromatic nitrogens is 1. The molecule has 2 amide bonds. The lowest BCUT2D eigenvalue weighted by molar-refractivity contribution is -0.121. The summed E-state index contributed by atoms with van der Waals surface area (Å²) in [5.41, 5.74) is 4.55. The lowest BCUT2D eigenvalue weighted by atomic mass is 10.0. The van der Waals surface area contributed by atoms with E-state index < -0.39 is 15.9 Å². The summed E-state index contributed by atoms with van der Waals surface area (Å²) in [7, 11) is -3.84. The van der Waals surface area contributed by atoms with Crippen LogP contribution in [-0.4, -0.2) is 55.6 Å². The van der Waals surface area contributed by atoms with Gasteiger partial charge >= 0.3 is 0 Å². The lowest BCUT2D eigenvalue weighted by Gasteiger charge is -2.12. The van der Waals surface area contributed by atoms with Crippen molar-refractivity contribution in [3.63, 3.8) is 0 Å². The zero-order valence-corrected chi connectivity index (χ0v) is 25.5. The van der Waals surface area contributed by atoms with Crippen molar-refractivity contribution in [1.29, 1.82) is 0 Å². The molecule has 1 unspecified atom stereocenters. The summed E-state index contributed by atoms with van der Waals surface area (Å²) in [5, 5.41) is 19.4. The number of aromatic amines is 1. The van der Waals surface area contributed by atoms with Gasteiger partial charge in [0.05, 0.1) is 28.7 Å². The van der Waals surface area contributed by atoms with Crippen LogP contribution in [-0.2, 0) is 31.6 Å². The molecule has 1 aliphatic carbocycles. The quantitative estimate of drug-likeness (QED) is 0.201. The number of nitrogens with one attached hydrogen (secondary N) is 4. The van der Waals surface area contributed by atoms with Crippen LogP contribution in [0.1, 0.15) is 46.5 Å². The number of rotatable bonds is 11. The molecule has 1 atom stereocenters. The van der Waals surface area contributed by atoms with Gasteiger partial charge < -0.3 is 26.0 Å². The molecule has 2 aliphatic rings. The molecule has 0 spiro atoms. The van der Waals surface area contributed by atoms with Crippen molar-refractivity contribution in [3.8, 4) is 0 Å². The maximum atomic E-state index is 13.3. The summed E-state index contributed by atoms with van der Waals surface area (Å²) in [4.78, 5) is 28.9. The van der Waals surface area contributed by atoms with Gasteiger partial charge in [-0.3, -0.25) is 9.59 Å². The topological polar surface area (TPSA) is 140 Å². The van der Waals surface area contributed by atoms with Crippen LogP contribution in [0, 0.1) is 13.8 Å². The molecule has 1 saturated carbocycles. The Kier molecular flexibility index (Phi) is 8.82. The molecule has 2 aromatic carbocycles. The van der Waals surface area contributed by atoms with Crippen LogP contribution in [0.25, 0.3) is 11.6 Å². The molecule has 0 bridgehead atoms. The Morgan fingerprint density at radius 1 is 1.12 bits per heavy atom. The second kappa shape index (κ2) is 12.2. The van der Waals surface area contributed by atoms with Crippen molar-refractivity contribution < 1.29 is 23.1 Å². The minimum Gasteiger partial charge on any atom is -0.390 e. The number of halogens is 2. The second-order valence-corrected chi connectivity index (χ2v) is 13.6. The van der Waals surface area contributed by atoms with E-state index >= 15 is 0 Å². The second-order valence-electron chi connectivity index (χ2n) is 10.8. The van der Waals surface area contributed by atoms with Crippen LogP contribution in [0.2, 0.25) is 10.0 Å². The molecule has 1 fully saturated rings. The summed E-state index contributed by atoms with van der Waals surface area (Å²) in [6.45, 7) is 4.29. The standard InChI is InChI=1S/C30H32Cl2N4O5S/c1-16-21(12-29(38)34-14-19(37)13-33-18-6-7-18)17(2)35-28(16)11-23-22-10-20(8-9-27(22)36-30(23)39)42(40,41)15-24-25(31)4-3-5-26(24)32/h3-5,8-11,18-19,33,35,37H,6-7,12-15H2,1-2H3,(H,34,38)(H,36,39)/b23-11-. The van der Waals surface area contributed by atoms with Gasteiger partial charge in [0, 0.05) is 57.4 Å². The molecule has 42 heavy (non-hydrogen) atoms. The van der Waals surface area contributed by atoms with Crippen LogP contribution in [0.5, 0.6) is 0 Å². The van der Waals surface area contributed by atoms with Gasteiger partial charge in [0.15, 0.2) is 9.84 Å². The van der Waals surface area contributed by atoms with E-state index in [0.29, 0.717) is 40.7 Å². The van der Waals surface area contributed by atoms with E-state index in [1.165, 1.54) is 12.1 Å². The zero-order chi connectivity index (χ0) is 30.2. The summed E-state index contributed by atoms with van der Waals surface area (Å²) in [5.74, 6) is -0.977. The predicted octanol–water partition coefficient (Wildman–Crippen LogP) is 4.18. The van der Waals surface area contributed by atoms with Gasteiger partial charge in [0.1, 0.15) is 0 Å². The summed E-state index contributed by atoms with van der Waals surface area (Å²) >= 11 is 12.4. The van der Waals surface area contributed by atoms with Gasteiger partial charge in [-0.15, -0.1) is 0 Å². The zero-order valence-electron chi connectivity index (χ0n) is 23.2. The first-order valence-corrected chi connectivity index (χ1v) is 16.0. The van der Waals surface area contributed by atoms with Gasteiger partial charge in [-0.1, -0.05) is 29.3 Å². The number of H-pyrrole nitrogens is 1. The molecule has 1 aliphatic heterocycles. The molecule has 222 valence electrons. The fourth-order valence-corrected chi connectivity index (χ4v) is 7.05. The Hall–Kier alpha value is -3.15. The van der Waals surface area contributed by atoms with Crippen LogP contribution >= 0.6 is 23.2 Å². The van der Waals surface area contributed by atoms with Crippen LogP contribution in [0.15, 0.2) is 41.3 Å².